The number of rotatable bonds is 0. The lowest BCUT2D eigenvalue weighted by Crippen LogP contribution is -2.12. The number of aromatic hydroxyl groups is 1. The first-order valence-electron chi connectivity index (χ1n) is 4.28. The van der Waals surface area contributed by atoms with Crippen LogP contribution < -0.4 is 5.32 Å². The molecule has 2 heteroatoms. The third-order valence-electron chi connectivity index (χ3n) is 2.69. The minimum Gasteiger partial charge on any atom is -0.506 e. The smallest absolute Gasteiger partial charge is 0.138 e. The summed E-state index contributed by atoms with van der Waals surface area (Å²) in [5.74, 6) is 0.857. The van der Waals surface area contributed by atoms with Crippen molar-refractivity contribution in [3.05, 3.63) is 23.8 Å². The highest BCUT2D eigenvalue weighted by Crippen LogP contribution is 2.40. The summed E-state index contributed by atoms with van der Waals surface area (Å²) in [6.45, 7) is 4.30. The zero-order valence-electron chi connectivity index (χ0n) is 7.33. The highest BCUT2D eigenvalue weighted by molar-refractivity contribution is 5.66. The van der Waals surface area contributed by atoms with Crippen molar-refractivity contribution in [2.75, 3.05) is 5.32 Å². The Balaban J connectivity index is 2.53. The Morgan fingerprint density at radius 2 is 2.08 bits per heavy atom. The Kier molecular flexibility index (Phi) is 1.50. The van der Waals surface area contributed by atoms with Crippen molar-refractivity contribution >= 4 is 5.69 Å². The molecule has 0 aromatic heterocycles. The molecule has 1 aromatic rings. The van der Waals surface area contributed by atoms with E-state index in [-0.39, 0.29) is 0 Å². The van der Waals surface area contributed by atoms with Crippen LogP contribution in [0.5, 0.6) is 5.75 Å². The summed E-state index contributed by atoms with van der Waals surface area (Å²) in [5, 5.41) is 12.8. The van der Waals surface area contributed by atoms with Gasteiger partial charge < -0.3 is 10.4 Å². The summed E-state index contributed by atoms with van der Waals surface area (Å²) in [6, 6.07) is 6.10. The van der Waals surface area contributed by atoms with Gasteiger partial charge in [-0.1, -0.05) is 19.1 Å². The fourth-order valence-electron chi connectivity index (χ4n) is 1.72. The van der Waals surface area contributed by atoms with E-state index in [4.69, 9.17) is 0 Å². The zero-order valence-corrected chi connectivity index (χ0v) is 7.33. The van der Waals surface area contributed by atoms with E-state index in [0.717, 1.165) is 5.69 Å². The Hall–Kier alpha value is -1.18. The first-order chi connectivity index (χ1) is 5.70. The Bertz CT molecular complexity index is 309. The van der Waals surface area contributed by atoms with Gasteiger partial charge in [-0.3, -0.25) is 0 Å². The van der Waals surface area contributed by atoms with Crippen molar-refractivity contribution in [3.63, 3.8) is 0 Å². The largest absolute Gasteiger partial charge is 0.506 e. The number of para-hydroxylation sites is 1. The van der Waals surface area contributed by atoms with E-state index in [1.165, 1.54) is 5.56 Å². The molecule has 0 amide bonds. The van der Waals surface area contributed by atoms with E-state index in [0.29, 0.717) is 17.7 Å². The Morgan fingerprint density at radius 3 is 2.75 bits per heavy atom. The molecule has 2 unspecified atom stereocenters. The number of hydrogen-bond acceptors (Lipinski definition) is 2. The van der Waals surface area contributed by atoms with Crippen molar-refractivity contribution in [3.8, 4) is 5.75 Å². The Labute approximate surface area is 72.2 Å². The molecule has 1 aromatic carbocycles. The zero-order chi connectivity index (χ0) is 8.72. The van der Waals surface area contributed by atoms with E-state index in [1.807, 2.05) is 6.07 Å². The predicted octanol–water partition coefficient (Wildman–Crippen LogP) is 2.31. The number of hydrogen-bond donors (Lipinski definition) is 2. The molecule has 0 aliphatic carbocycles. The van der Waals surface area contributed by atoms with Gasteiger partial charge in [0.25, 0.3) is 0 Å². The average Bonchev–Trinajstić information content (AvgIpc) is 2.32. The molecule has 2 N–H and O–H groups in total. The fraction of sp³-hybridized carbons (Fsp3) is 0.400. The van der Waals surface area contributed by atoms with Crippen molar-refractivity contribution in [1.29, 1.82) is 0 Å². The van der Waals surface area contributed by atoms with Crippen LogP contribution in [0.2, 0.25) is 0 Å². The normalized spacial score (nSPS) is 26.5. The molecular formula is C10H13NO. The van der Waals surface area contributed by atoms with Crippen LogP contribution in [0.4, 0.5) is 5.69 Å². The second kappa shape index (κ2) is 2.41. The van der Waals surface area contributed by atoms with Gasteiger partial charge in [0, 0.05) is 12.0 Å². The Morgan fingerprint density at radius 1 is 1.33 bits per heavy atom. The first kappa shape index (κ1) is 7.47. The van der Waals surface area contributed by atoms with Crippen LogP contribution in [-0.2, 0) is 0 Å². The number of fused-ring (bicyclic) bond motifs is 1. The molecule has 1 aliphatic rings. The van der Waals surface area contributed by atoms with E-state index in [2.05, 4.69) is 25.2 Å². The molecule has 0 bridgehead atoms. The van der Waals surface area contributed by atoms with Gasteiger partial charge in [-0.15, -0.1) is 0 Å². The number of phenols is 1. The van der Waals surface area contributed by atoms with Crippen LogP contribution in [0, 0.1) is 0 Å². The van der Waals surface area contributed by atoms with Gasteiger partial charge in [-0.2, -0.15) is 0 Å². The molecule has 0 fully saturated rings. The second-order valence-electron chi connectivity index (χ2n) is 3.46. The van der Waals surface area contributed by atoms with Crippen LogP contribution in [0.15, 0.2) is 18.2 Å². The lowest BCUT2D eigenvalue weighted by atomic mass is 9.98. The van der Waals surface area contributed by atoms with Crippen LogP contribution >= 0.6 is 0 Å². The molecule has 12 heavy (non-hydrogen) atoms. The average molecular weight is 163 g/mol. The summed E-state index contributed by atoms with van der Waals surface area (Å²) in [4.78, 5) is 0. The molecule has 0 spiro atoms. The molecule has 64 valence electrons. The van der Waals surface area contributed by atoms with E-state index in [9.17, 15) is 5.11 Å². The molecule has 1 heterocycles. The summed E-state index contributed by atoms with van der Waals surface area (Å²) in [5.41, 5.74) is 2.14. The van der Waals surface area contributed by atoms with Gasteiger partial charge in [0.2, 0.25) is 0 Å². The van der Waals surface area contributed by atoms with E-state index >= 15 is 0 Å². The quantitative estimate of drug-likeness (QED) is 0.575. The highest BCUT2D eigenvalue weighted by Gasteiger charge is 2.26. The molecule has 1 aliphatic heterocycles. The minimum atomic E-state index is 0.365. The van der Waals surface area contributed by atoms with Crippen molar-refractivity contribution in [2.45, 2.75) is 25.8 Å². The number of benzene rings is 1. The molecule has 2 atom stereocenters. The molecule has 0 radical (unpaired) electrons. The standard InChI is InChI=1S/C10H13NO/c1-6-7(2)11-10-8(6)4-3-5-9(10)12/h3-7,11-12H,1-2H3. The minimum absolute atomic E-state index is 0.365. The van der Waals surface area contributed by atoms with Gasteiger partial charge in [-0.05, 0) is 18.6 Å². The summed E-state index contributed by atoms with van der Waals surface area (Å²) in [7, 11) is 0. The van der Waals surface area contributed by atoms with Gasteiger partial charge >= 0.3 is 0 Å². The van der Waals surface area contributed by atoms with E-state index < -0.39 is 0 Å². The van der Waals surface area contributed by atoms with Crippen LogP contribution in [-0.4, -0.2) is 11.1 Å². The van der Waals surface area contributed by atoms with Gasteiger partial charge in [0.05, 0.1) is 5.69 Å². The third kappa shape index (κ3) is 0.876. The highest BCUT2D eigenvalue weighted by atomic mass is 16.3. The lowest BCUT2D eigenvalue weighted by molar-refractivity contribution is 0.477. The van der Waals surface area contributed by atoms with Gasteiger partial charge in [-0.25, -0.2) is 0 Å². The van der Waals surface area contributed by atoms with Crippen molar-refractivity contribution in [1.82, 2.24) is 0 Å². The van der Waals surface area contributed by atoms with Crippen LogP contribution in [0.3, 0.4) is 0 Å². The van der Waals surface area contributed by atoms with Crippen molar-refractivity contribution in [2.24, 2.45) is 0 Å². The maximum atomic E-state index is 9.50. The maximum absolute atomic E-state index is 9.50. The number of anilines is 1. The number of phenolic OH excluding ortho intramolecular Hbond substituents is 1. The first-order valence-corrected chi connectivity index (χ1v) is 4.28. The van der Waals surface area contributed by atoms with Gasteiger partial charge in [0.15, 0.2) is 0 Å². The van der Waals surface area contributed by atoms with Crippen LogP contribution in [0.25, 0.3) is 0 Å². The predicted molar refractivity (Wildman–Crippen MR) is 49.6 cm³/mol. The fourth-order valence-corrected chi connectivity index (χ4v) is 1.72. The van der Waals surface area contributed by atoms with E-state index in [1.54, 1.807) is 6.07 Å². The van der Waals surface area contributed by atoms with Crippen LogP contribution in [0.1, 0.15) is 25.3 Å². The molecule has 2 rings (SSSR count). The summed E-state index contributed by atoms with van der Waals surface area (Å²) >= 11 is 0. The topological polar surface area (TPSA) is 32.3 Å². The summed E-state index contributed by atoms with van der Waals surface area (Å²) < 4.78 is 0. The second-order valence-corrected chi connectivity index (χ2v) is 3.46. The van der Waals surface area contributed by atoms with Crippen molar-refractivity contribution < 1.29 is 5.11 Å². The molecular weight excluding hydrogens is 150 g/mol. The molecule has 0 saturated heterocycles. The maximum Gasteiger partial charge on any atom is 0.138 e. The molecule has 0 saturated carbocycles. The third-order valence-corrected chi connectivity index (χ3v) is 2.69. The lowest BCUT2D eigenvalue weighted by Gasteiger charge is -2.08. The van der Waals surface area contributed by atoms with Gasteiger partial charge in [0.1, 0.15) is 5.75 Å². The molecule has 2 nitrogen and oxygen atoms in total. The summed E-state index contributed by atoms with van der Waals surface area (Å²) in [6.07, 6.45) is 0. The SMILES string of the molecule is CC1Nc2c(O)cccc2C1C. The number of nitrogens with one attached hydrogen (secondary N) is 1. The monoisotopic (exact) mass is 163 g/mol.